The van der Waals surface area contributed by atoms with Gasteiger partial charge in [0.05, 0.1) is 30.8 Å². The standard InChI is InChI=1S/C36H41F4N5O4/c1-4-23-18-44(19-29(23)28-11-8-26(36(38,39)40)17-31(28)43-15-13-25(14-16-43)33(46)47)34(48)35(37)21-45(32-12-5-22(2)41-42-32)20-30(35)24-6-9-27(49-3)10-7-24/h5-12,17,23,25,29-30H,4,13-16,18-21H2,1-3H3,(H,46,47)/t23-,29-,30-,35-/m0/s1. The molecule has 3 aliphatic heterocycles. The topological polar surface area (TPSA) is 99.1 Å². The van der Waals surface area contributed by atoms with Gasteiger partial charge in [-0.1, -0.05) is 31.5 Å². The van der Waals surface area contributed by atoms with Crippen LogP contribution in [0.25, 0.3) is 0 Å². The zero-order valence-electron chi connectivity index (χ0n) is 27.8. The Bertz CT molecular complexity index is 1660. The Hall–Kier alpha value is -4.42. The van der Waals surface area contributed by atoms with E-state index in [0.717, 1.165) is 12.1 Å². The fraction of sp³-hybridized carbons (Fsp3) is 0.500. The number of hydrogen-bond acceptors (Lipinski definition) is 7. The van der Waals surface area contributed by atoms with Gasteiger partial charge < -0.3 is 24.5 Å². The number of alkyl halides is 4. The van der Waals surface area contributed by atoms with Crippen LogP contribution in [0.3, 0.4) is 0 Å². The summed E-state index contributed by atoms with van der Waals surface area (Å²) in [5.41, 5.74) is -0.716. The highest BCUT2D eigenvalue weighted by molar-refractivity contribution is 5.89. The van der Waals surface area contributed by atoms with Crippen molar-refractivity contribution in [2.75, 3.05) is 56.2 Å². The van der Waals surface area contributed by atoms with Crippen LogP contribution in [0.15, 0.2) is 54.6 Å². The van der Waals surface area contributed by atoms with Crippen LogP contribution in [0.1, 0.15) is 60.4 Å². The number of ether oxygens (including phenoxy) is 1. The Morgan fingerprint density at radius 1 is 0.980 bits per heavy atom. The second-order valence-corrected chi connectivity index (χ2v) is 13.5. The summed E-state index contributed by atoms with van der Waals surface area (Å²) in [7, 11) is 1.54. The van der Waals surface area contributed by atoms with Crippen LogP contribution in [0.5, 0.6) is 5.75 Å². The van der Waals surface area contributed by atoms with Crippen molar-refractivity contribution in [2.24, 2.45) is 11.8 Å². The number of piperidine rings is 1. The van der Waals surface area contributed by atoms with Gasteiger partial charge in [0.2, 0.25) is 5.67 Å². The number of carbonyl (C=O) groups excluding carboxylic acids is 1. The molecule has 3 aliphatic rings. The highest BCUT2D eigenvalue weighted by atomic mass is 19.4. The second kappa shape index (κ2) is 13.5. The van der Waals surface area contributed by atoms with Gasteiger partial charge in [-0.2, -0.15) is 18.3 Å². The maximum atomic E-state index is 17.6. The number of methoxy groups -OCH3 is 1. The van der Waals surface area contributed by atoms with Crippen LogP contribution < -0.4 is 14.5 Å². The van der Waals surface area contributed by atoms with Gasteiger partial charge >= 0.3 is 12.1 Å². The number of aliphatic carboxylic acids is 1. The van der Waals surface area contributed by atoms with Crippen molar-refractivity contribution in [3.8, 4) is 5.75 Å². The third-order valence-corrected chi connectivity index (χ3v) is 10.6. The molecule has 49 heavy (non-hydrogen) atoms. The lowest BCUT2D eigenvalue weighted by molar-refractivity contribution is -0.143. The summed E-state index contributed by atoms with van der Waals surface area (Å²) in [5.74, 6) is -2.35. The predicted octanol–water partition coefficient (Wildman–Crippen LogP) is 6.08. The number of halogens is 4. The molecule has 2 aromatic carbocycles. The number of carboxylic acid groups (broad SMARTS) is 1. The van der Waals surface area contributed by atoms with Gasteiger partial charge in [-0.25, -0.2) is 4.39 Å². The fourth-order valence-electron chi connectivity index (χ4n) is 7.72. The van der Waals surface area contributed by atoms with Gasteiger partial charge in [0.1, 0.15) is 5.75 Å². The number of carboxylic acids is 1. The first-order valence-corrected chi connectivity index (χ1v) is 16.7. The fourth-order valence-corrected chi connectivity index (χ4v) is 7.72. The van der Waals surface area contributed by atoms with Gasteiger partial charge in [-0.15, -0.1) is 5.10 Å². The van der Waals surface area contributed by atoms with Gasteiger partial charge in [0, 0.05) is 50.2 Å². The Kier molecular flexibility index (Phi) is 9.47. The van der Waals surface area contributed by atoms with E-state index in [9.17, 15) is 27.9 Å². The number of amides is 1. The highest BCUT2D eigenvalue weighted by Crippen LogP contribution is 2.47. The molecule has 9 nitrogen and oxygen atoms in total. The number of benzene rings is 2. The summed E-state index contributed by atoms with van der Waals surface area (Å²) in [6.45, 7) is 4.72. The molecular formula is C36H41F4N5O4. The van der Waals surface area contributed by atoms with E-state index < -0.39 is 41.1 Å². The van der Waals surface area contributed by atoms with Crippen molar-refractivity contribution in [1.29, 1.82) is 0 Å². The molecule has 3 saturated heterocycles. The number of anilines is 2. The van der Waals surface area contributed by atoms with Crippen molar-refractivity contribution in [3.05, 3.63) is 77.0 Å². The van der Waals surface area contributed by atoms with Crippen molar-refractivity contribution in [3.63, 3.8) is 0 Å². The van der Waals surface area contributed by atoms with Gasteiger partial charge in [-0.05, 0) is 73.2 Å². The van der Waals surface area contributed by atoms with Crippen LogP contribution in [-0.4, -0.2) is 84.1 Å². The molecular weight excluding hydrogens is 642 g/mol. The average Bonchev–Trinajstić information content (AvgIpc) is 3.69. The molecule has 4 heterocycles. The van der Waals surface area contributed by atoms with E-state index >= 15 is 4.39 Å². The molecule has 4 atom stereocenters. The molecule has 262 valence electrons. The van der Waals surface area contributed by atoms with Gasteiger partial charge in [0.15, 0.2) is 5.82 Å². The van der Waals surface area contributed by atoms with E-state index in [1.165, 1.54) is 11.0 Å². The van der Waals surface area contributed by atoms with E-state index in [4.69, 9.17) is 4.74 Å². The molecule has 0 saturated carbocycles. The lowest BCUT2D eigenvalue weighted by Crippen LogP contribution is -2.50. The Balaban J connectivity index is 1.32. The molecule has 0 unspecified atom stereocenters. The predicted molar refractivity (Wildman–Crippen MR) is 176 cm³/mol. The number of likely N-dealkylation sites (tertiary alicyclic amines) is 1. The van der Waals surface area contributed by atoms with E-state index in [1.807, 2.05) is 11.8 Å². The van der Waals surface area contributed by atoms with Crippen molar-refractivity contribution >= 4 is 23.4 Å². The van der Waals surface area contributed by atoms with Crippen molar-refractivity contribution in [1.82, 2.24) is 15.1 Å². The first-order valence-electron chi connectivity index (χ1n) is 16.7. The van der Waals surface area contributed by atoms with Gasteiger partial charge in [-0.3, -0.25) is 9.59 Å². The van der Waals surface area contributed by atoms with E-state index in [0.29, 0.717) is 66.4 Å². The maximum absolute atomic E-state index is 17.6. The number of carbonyl (C=O) groups is 2. The molecule has 3 fully saturated rings. The quantitative estimate of drug-likeness (QED) is 0.286. The monoisotopic (exact) mass is 683 g/mol. The third kappa shape index (κ3) is 6.76. The van der Waals surface area contributed by atoms with Gasteiger partial charge in [0.25, 0.3) is 5.91 Å². The Labute approximate surface area is 282 Å². The SMILES string of the molecule is CC[C@H]1CN(C(=O)[C@]2(F)CN(c3ccc(C)nn3)C[C@H]2c2ccc(OC)cc2)C[C@@H]1c1ccc(C(F)(F)F)cc1N1CCC(C(=O)O)CC1. The highest BCUT2D eigenvalue weighted by Gasteiger charge is 2.57. The summed E-state index contributed by atoms with van der Waals surface area (Å²) in [4.78, 5) is 31.2. The van der Waals surface area contributed by atoms with Crippen molar-refractivity contribution in [2.45, 2.75) is 56.8 Å². The lowest BCUT2D eigenvalue weighted by Gasteiger charge is -2.35. The minimum Gasteiger partial charge on any atom is -0.497 e. The number of aromatic nitrogens is 2. The van der Waals surface area contributed by atoms with Crippen LogP contribution in [-0.2, 0) is 15.8 Å². The summed E-state index contributed by atoms with van der Waals surface area (Å²) < 4.78 is 64.7. The number of rotatable bonds is 8. The van der Waals surface area contributed by atoms with Crippen LogP contribution in [0, 0.1) is 18.8 Å². The van der Waals surface area contributed by atoms with Crippen LogP contribution >= 0.6 is 0 Å². The largest absolute Gasteiger partial charge is 0.497 e. The van der Waals surface area contributed by atoms with Crippen molar-refractivity contribution < 1.29 is 37.0 Å². The Morgan fingerprint density at radius 3 is 2.29 bits per heavy atom. The van der Waals surface area contributed by atoms with Crippen LogP contribution in [0.4, 0.5) is 29.1 Å². The number of nitrogens with zero attached hydrogens (tertiary/aromatic N) is 5. The van der Waals surface area contributed by atoms with Crippen LogP contribution in [0.2, 0.25) is 0 Å². The molecule has 1 amide bonds. The summed E-state index contributed by atoms with van der Waals surface area (Å²) in [5, 5.41) is 17.9. The van der Waals surface area contributed by atoms with E-state index in [-0.39, 0.29) is 38.0 Å². The number of hydrogen-bond donors (Lipinski definition) is 1. The molecule has 3 aromatic rings. The zero-order valence-corrected chi connectivity index (χ0v) is 27.8. The molecule has 13 heteroatoms. The maximum Gasteiger partial charge on any atom is 0.416 e. The average molecular weight is 684 g/mol. The second-order valence-electron chi connectivity index (χ2n) is 13.5. The van der Waals surface area contributed by atoms with E-state index in [2.05, 4.69) is 10.2 Å². The summed E-state index contributed by atoms with van der Waals surface area (Å²) in [6, 6.07) is 14.2. The normalized spacial score (nSPS) is 24.8. The first kappa shape index (κ1) is 34.4. The molecule has 1 N–H and O–H groups in total. The smallest absolute Gasteiger partial charge is 0.416 e. The minimum absolute atomic E-state index is 0.125. The number of aryl methyl sites for hydroxylation is 1. The summed E-state index contributed by atoms with van der Waals surface area (Å²) in [6.07, 6.45) is -3.31. The molecule has 0 bridgehead atoms. The summed E-state index contributed by atoms with van der Waals surface area (Å²) >= 11 is 0. The third-order valence-electron chi connectivity index (χ3n) is 10.6. The Morgan fingerprint density at radius 2 is 1.69 bits per heavy atom. The van der Waals surface area contributed by atoms with E-state index in [1.54, 1.807) is 55.3 Å². The molecule has 0 spiro atoms. The molecule has 6 rings (SSSR count). The molecule has 1 aromatic heterocycles. The zero-order chi connectivity index (χ0) is 35.1. The first-order chi connectivity index (χ1) is 23.3. The minimum atomic E-state index is -4.57. The lowest BCUT2D eigenvalue weighted by atomic mass is 9.84. The molecule has 0 aliphatic carbocycles. The molecule has 0 radical (unpaired) electrons.